The monoisotopic (exact) mass is 385 g/mol. The van der Waals surface area contributed by atoms with E-state index in [0.29, 0.717) is 18.5 Å². The van der Waals surface area contributed by atoms with E-state index >= 15 is 0 Å². The second-order valence-electron chi connectivity index (χ2n) is 7.71. The van der Waals surface area contributed by atoms with Gasteiger partial charge in [0, 0.05) is 37.8 Å². The summed E-state index contributed by atoms with van der Waals surface area (Å²) in [5.74, 6) is -0.853. The smallest absolute Gasteiger partial charge is 0.237 e. The molecule has 0 bridgehead atoms. The minimum absolute atomic E-state index is 0.0113. The fourth-order valence-electron chi connectivity index (χ4n) is 4.54. The van der Waals surface area contributed by atoms with Crippen molar-refractivity contribution in [3.63, 3.8) is 0 Å². The number of rotatable bonds is 5. The third-order valence-electron chi connectivity index (χ3n) is 5.98. The summed E-state index contributed by atoms with van der Waals surface area (Å²) in [5.41, 5.74) is 3.01. The molecular weight excluding hydrogens is 360 g/mol. The van der Waals surface area contributed by atoms with Crippen LogP contribution in [0.15, 0.2) is 42.5 Å². The van der Waals surface area contributed by atoms with Crippen LogP contribution in [-0.2, 0) is 24.2 Å². The highest BCUT2D eigenvalue weighted by atomic mass is 19.1. The molecule has 1 aliphatic carbocycles. The molecule has 0 spiro atoms. The molecule has 28 heavy (non-hydrogen) atoms. The maximum atomic E-state index is 13.9. The van der Waals surface area contributed by atoms with E-state index in [-0.39, 0.29) is 30.6 Å². The first-order chi connectivity index (χ1) is 13.5. The van der Waals surface area contributed by atoms with Crippen LogP contribution >= 0.6 is 0 Å². The number of halogens is 2. The van der Waals surface area contributed by atoms with Crippen molar-refractivity contribution in [2.45, 2.75) is 43.9 Å². The summed E-state index contributed by atoms with van der Waals surface area (Å²) < 4.78 is 27.3. The molecule has 148 valence electrons. The zero-order valence-electron chi connectivity index (χ0n) is 15.9. The van der Waals surface area contributed by atoms with Crippen LogP contribution in [0.3, 0.4) is 0 Å². The second-order valence-corrected chi connectivity index (χ2v) is 7.71. The average Bonchev–Trinajstić information content (AvgIpc) is 3.32. The van der Waals surface area contributed by atoms with E-state index in [1.165, 1.54) is 17.2 Å². The van der Waals surface area contributed by atoms with E-state index in [0.717, 1.165) is 25.0 Å². The maximum absolute atomic E-state index is 13.9. The molecule has 0 unspecified atom stereocenters. The number of likely N-dealkylation sites (N-methyl/N-ethyl adjacent to an activating group) is 1. The molecular formula is C22H25F2N3O. The Hall–Kier alpha value is -2.31. The predicted octanol–water partition coefficient (Wildman–Crippen LogP) is 2.41. The van der Waals surface area contributed by atoms with Crippen LogP contribution in [-0.4, -0.2) is 42.5 Å². The second kappa shape index (κ2) is 7.97. The standard InChI is InChI=1S/C22H25F2N3O/c1-25-22(28)21-11-18(26-12-16-8-17(23)6-7-20(16)24)13-27(21)19-9-14-4-2-3-5-15(14)10-19/h2-8,18-19,21,26H,9-13H2,1H3,(H,25,28)/t18-,21-/m0/s1. The first-order valence-corrected chi connectivity index (χ1v) is 9.76. The molecule has 2 aromatic rings. The summed E-state index contributed by atoms with van der Waals surface area (Å²) >= 11 is 0. The predicted molar refractivity (Wildman–Crippen MR) is 104 cm³/mol. The van der Waals surface area contributed by atoms with Gasteiger partial charge in [-0.2, -0.15) is 0 Å². The minimum Gasteiger partial charge on any atom is -0.358 e. The third-order valence-corrected chi connectivity index (χ3v) is 5.98. The number of benzene rings is 2. The lowest BCUT2D eigenvalue weighted by Crippen LogP contribution is -2.47. The Bertz CT molecular complexity index is 848. The lowest BCUT2D eigenvalue weighted by atomic mass is 10.1. The molecule has 1 heterocycles. The molecule has 1 saturated heterocycles. The molecule has 1 aliphatic heterocycles. The average molecular weight is 385 g/mol. The highest BCUT2D eigenvalue weighted by molar-refractivity contribution is 5.82. The molecule has 6 heteroatoms. The van der Waals surface area contributed by atoms with Crippen LogP contribution in [0.4, 0.5) is 8.78 Å². The Morgan fingerprint density at radius 2 is 1.86 bits per heavy atom. The Morgan fingerprint density at radius 1 is 1.14 bits per heavy atom. The van der Waals surface area contributed by atoms with Crippen molar-refractivity contribution in [3.05, 3.63) is 70.8 Å². The zero-order valence-corrected chi connectivity index (χ0v) is 15.9. The highest BCUT2D eigenvalue weighted by Gasteiger charge is 2.41. The van der Waals surface area contributed by atoms with Gasteiger partial charge in [-0.05, 0) is 48.6 Å². The number of carbonyl (C=O) groups is 1. The third kappa shape index (κ3) is 3.80. The normalized spacial score (nSPS) is 22.4. The summed E-state index contributed by atoms with van der Waals surface area (Å²) in [6, 6.07) is 12.0. The molecule has 4 rings (SSSR count). The Labute approximate surface area is 163 Å². The van der Waals surface area contributed by atoms with Gasteiger partial charge in [0.05, 0.1) is 6.04 Å². The number of amides is 1. The van der Waals surface area contributed by atoms with E-state index in [2.05, 4.69) is 39.8 Å². The molecule has 4 nitrogen and oxygen atoms in total. The van der Waals surface area contributed by atoms with E-state index in [1.807, 2.05) is 0 Å². The lowest BCUT2D eigenvalue weighted by molar-refractivity contribution is -0.125. The minimum atomic E-state index is -0.446. The van der Waals surface area contributed by atoms with Crippen LogP contribution in [0.2, 0.25) is 0 Å². The number of nitrogens with zero attached hydrogens (tertiary/aromatic N) is 1. The zero-order chi connectivity index (χ0) is 19.7. The number of carbonyl (C=O) groups excluding carboxylic acids is 1. The van der Waals surface area contributed by atoms with Crippen LogP contribution in [0.25, 0.3) is 0 Å². The van der Waals surface area contributed by atoms with Gasteiger partial charge in [0.2, 0.25) is 5.91 Å². The fraction of sp³-hybridized carbons (Fsp3) is 0.409. The van der Waals surface area contributed by atoms with Crippen molar-refractivity contribution < 1.29 is 13.6 Å². The Morgan fingerprint density at radius 3 is 2.54 bits per heavy atom. The quantitative estimate of drug-likeness (QED) is 0.831. The van der Waals surface area contributed by atoms with Gasteiger partial charge >= 0.3 is 0 Å². The number of hydrogen-bond donors (Lipinski definition) is 2. The molecule has 1 amide bonds. The summed E-state index contributed by atoms with van der Waals surface area (Å²) in [6.45, 7) is 0.959. The number of nitrogens with one attached hydrogen (secondary N) is 2. The van der Waals surface area contributed by atoms with Gasteiger partial charge in [-0.1, -0.05) is 24.3 Å². The number of fused-ring (bicyclic) bond motifs is 1. The lowest BCUT2D eigenvalue weighted by Gasteiger charge is -2.29. The van der Waals surface area contributed by atoms with E-state index < -0.39 is 11.6 Å². The topological polar surface area (TPSA) is 44.4 Å². The van der Waals surface area contributed by atoms with Crippen molar-refractivity contribution >= 4 is 5.91 Å². The van der Waals surface area contributed by atoms with Crippen molar-refractivity contribution in [3.8, 4) is 0 Å². The molecule has 0 radical (unpaired) electrons. The van der Waals surface area contributed by atoms with Gasteiger partial charge in [-0.3, -0.25) is 9.69 Å². The van der Waals surface area contributed by atoms with Gasteiger partial charge in [0.25, 0.3) is 0 Å². The van der Waals surface area contributed by atoms with E-state index in [4.69, 9.17) is 0 Å². The molecule has 2 atom stereocenters. The summed E-state index contributed by atoms with van der Waals surface area (Å²) in [4.78, 5) is 14.8. The van der Waals surface area contributed by atoms with Crippen LogP contribution in [0.1, 0.15) is 23.1 Å². The molecule has 0 aromatic heterocycles. The first kappa shape index (κ1) is 19.0. The number of likely N-dealkylation sites (tertiary alicyclic amines) is 1. The Balaban J connectivity index is 1.45. The van der Waals surface area contributed by atoms with Crippen LogP contribution in [0, 0.1) is 11.6 Å². The van der Waals surface area contributed by atoms with Gasteiger partial charge < -0.3 is 10.6 Å². The summed E-state index contributed by atoms with van der Waals surface area (Å²) in [6.07, 6.45) is 2.53. The highest BCUT2D eigenvalue weighted by Crippen LogP contribution is 2.31. The molecule has 2 aromatic carbocycles. The van der Waals surface area contributed by atoms with Gasteiger partial charge in [-0.15, -0.1) is 0 Å². The van der Waals surface area contributed by atoms with Gasteiger partial charge in [0.15, 0.2) is 0 Å². The fourth-order valence-corrected chi connectivity index (χ4v) is 4.54. The van der Waals surface area contributed by atoms with Gasteiger partial charge in [0.1, 0.15) is 11.6 Å². The molecule has 1 fully saturated rings. The van der Waals surface area contributed by atoms with Gasteiger partial charge in [-0.25, -0.2) is 8.78 Å². The Kier molecular flexibility index (Phi) is 5.42. The summed E-state index contributed by atoms with van der Waals surface area (Å²) in [5, 5.41) is 6.10. The van der Waals surface area contributed by atoms with Crippen molar-refractivity contribution in [1.29, 1.82) is 0 Å². The molecule has 2 aliphatic rings. The maximum Gasteiger partial charge on any atom is 0.237 e. The number of hydrogen-bond acceptors (Lipinski definition) is 3. The van der Waals surface area contributed by atoms with Crippen molar-refractivity contribution in [1.82, 2.24) is 15.5 Å². The molecule has 0 saturated carbocycles. The van der Waals surface area contributed by atoms with Crippen LogP contribution in [0.5, 0.6) is 0 Å². The molecule has 2 N–H and O–H groups in total. The SMILES string of the molecule is CNC(=O)[C@@H]1C[C@H](NCc2cc(F)ccc2F)CN1C1Cc2ccccc2C1. The van der Waals surface area contributed by atoms with Crippen molar-refractivity contribution in [2.75, 3.05) is 13.6 Å². The first-order valence-electron chi connectivity index (χ1n) is 9.76. The van der Waals surface area contributed by atoms with Crippen molar-refractivity contribution in [2.24, 2.45) is 0 Å². The van der Waals surface area contributed by atoms with Crippen LogP contribution < -0.4 is 10.6 Å². The summed E-state index contributed by atoms with van der Waals surface area (Å²) in [7, 11) is 1.66. The largest absolute Gasteiger partial charge is 0.358 e. The van der Waals surface area contributed by atoms with E-state index in [1.54, 1.807) is 7.05 Å². The van der Waals surface area contributed by atoms with E-state index in [9.17, 15) is 13.6 Å².